The third-order valence-corrected chi connectivity index (χ3v) is 6.90. The average Bonchev–Trinajstić information content (AvgIpc) is 3.52. The monoisotopic (exact) mass is 523 g/mol. The molecule has 2 aromatic carbocycles. The average molecular weight is 524 g/mol. The highest BCUT2D eigenvalue weighted by Gasteiger charge is 2.35. The second-order valence-corrected chi connectivity index (χ2v) is 9.18. The van der Waals surface area contributed by atoms with Gasteiger partial charge in [0.05, 0.1) is 29.4 Å². The summed E-state index contributed by atoms with van der Waals surface area (Å²) in [5.41, 5.74) is 2.38. The third kappa shape index (κ3) is 4.79. The first-order chi connectivity index (χ1) is 17.8. The van der Waals surface area contributed by atoms with Crippen LogP contribution in [-0.2, 0) is 10.9 Å². The molecule has 188 valence electrons. The molecular formula is C27H20F3N3O3S. The van der Waals surface area contributed by atoms with Crippen LogP contribution in [0.3, 0.4) is 0 Å². The summed E-state index contributed by atoms with van der Waals surface area (Å²) < 4.78 is 53.2. The number of pyridine rings is 1. The summed E-state index contributed by atoms with van der Waals surface area (Å²) in [5.74, 6) is -0.521. The van der Waals surface area contributed by atoms with Gasteiger partial charge in [0.2, 0.25) is 0 Å². The van der Waals surface area contributed by atoms with Gasteiger partial charge in [0, 0.05) is 23.4 Å². The van der Waals surface area contributed by atoms with E-state index in [9.17, 15) is 18.0 Å². The minimum absolute atomic E-state index is 0.0336. The second-order valence-electron chi connectivity index (χ2n) is 8.15. The number of thiophene rings is 1. The lowest BCUT2D eigenvalue weighted by Crippen LogP contribution is -2.14. The van der Waals surface area contributed by atoms with Crippen LogP contribution in [0.2, 0.25) is 0 Å². The van der Waals surface area contributed by atoms with Crippen LogP contribution in [0, 0.1) is 0 Å². The molecule has 0 bridgehead atoms. The van der Waals surface area contributed by atoms with E-state index in [2.05, 4.69) is 9.97 Å². The summed E-state index contributed by atoms with van der Waals surface area (Å²) in [6.07, 6.45) is -2.19. The molecule has 0 N–H and O–H groups in total. The number of aromatic nitrogens is 3. The Balaban J connectivity index is 1.52. The molecule has 0 amide bonds. The molecule has 3 aromatic heterocycles. The highest BCUT2D eigenvalue weighted by molar-refractivity contribution is 7.16. The van der Waals surface area contributed by atoms with Gasteiger partial charge in [-0.3, -0.25) is 9.55 Å². The zero-order chi connectivity index (χ0) is 26.2. The number of rotatable bonds is 6. The van der Waals surface area contributed by atoms with E-state index in [1.807, 2.05) is 36.4 Å². The molecule has 0 aliphatic carbocycles. The molecular weight excluding hydrogens is 503 g/mol. The van der Waals surface area contributed by atoms with Crippen molar-refractivity contribution >= 4 is 28.3 Å². The zero-order valence-electron chi connectivity index (χ0n) is 19.7. The lowest BCUT2D eigenvalue weighted by Gasteiger charge is -2.19. The van der Waals surface area contributed by atoms with Gasteiger partial charge in [-0.1, -0.05) is 30.3 Å². The predicted molar refractivity (Wildman–Crippen MR) is 134 cm³/mol. The molecule has 0 aliphatic heterocycles. The van der Waals surface area contributed by atoms with Gasteiger partial charge in [0.15, 0.2) is 4.88 Å². The number of carbonyl (C=O) groups excluding carboxylic acids is 1. The van der Waals surface area contributed by atoms with Gasteiger partial charge >= 0.3 is 12.1 Å². The summed E-state index contributed by atoms with van der Waals surface area (Å²) in [4.78, 5) is 21.5. The largest absolute Gasteiger partial charge is 0.484 e. The number of fused-ring (bicyclic) bond motifs is 1. The van der Waals surface area contributed by atoms with Crippen LogP contribution < -0.4 is 4.74 Å². The number of carbonyl (C=O) groups is 1. The maximum Gasteiger partial charge on any atom is 0.416 e. The molecule has 0 saturated heterocycles. The van der Waals surface area contributed by atoms with E-state index < -0.39 is 23.8 Å². The smallest absolute Gasteiger partial charge is 0.416 e. The molecule has 37 heavy (non-hydrogen) atoms. The molecule has 5 aromatic rings. The van der Waals surface area contributed by atoms with Crippen molar-refractivity contribution < 1.29 is 27.4 Å². The van der Waals surface area contributed by atoms with Crippen LogP contribution in [0.5, 0.6) is 5.75 Å². The SMILES string of the molecule is COC(=O)c1sc(-n2cnc3cc(-c4ccccn4)ccc32)cc1OC(C)c1ccccc1C(F)(F)F. The fourth-order valence-corrected chi connectivity index (χ4v) is 5.04. The van der Waals surface area contributed by atoms with Gasteiger partial charge in [0.25, 0.3) is 0 Å². The first kappa shape index (κ1) is 24.5. The normalized spacial score (nSPS) is 12.5. The lowest BCUT2D eigenvalue weighted by molar-refractivity contribution is -0.139. The molecule has 1 unspecified atom stereocenters. The van der Waals surface area contributed by atoms with Crippen LogP contribution >= 0.6 is 11.3 Å². The van der Waals surface area contributed by atoms with Crippen molar-refractivity contribution in [2.75, 3.05) is 7.11 Å². The second kappa shape index (κ2) is 9.70. The van der Waals surface area contributed by atoms with Crippen molar-refractivity contribution in [3.8, 4) is 22.0 Å². The molecule has 5 rings (SSSR count). The van der Waals surface area contributed by atoms with Crippen molar-refractivity contribution in [1.29, 1.82) is 0 Å². The fourth-order valence-electron chi connectivity index (χ4n) is 4.05. The van der Waals surface area contributed by atoms with E-state index in [1.54, 1.807) is 23.2 Å². The molecule has 1 atom stereocenters. The van der Waals surface area contributed by atoms with Gasteiger partial charge in [-0.25, -0.2) is 9.78 Å². The van der Waals surface area contributed by atoms with E-state index in [-0.39, 0.29) is 16.2 Å². The minimum Gasteiger partial charge on any atom is -0.484 e. The fraction of sp³-hybridized carbons (Fsp3) is 0.148. The van der Waals surface area contributed by atoms with Crippen LogP contribution in [0.1, 0.15) is 33.8 Å². The van der Waals surface area contributed by atoms with Crippen molar-refractivity contribution in [2.24, 2.45) is 0 Å². The van der Waals surface area contributed by atoms with Crippen LogP contribution in [0.15, 0.2) is 79.3 Å². The van der Waals surface area contributed by atoms with E-state index in [4.69, 9.17) is 9.47 Å². The molecule has 0 aliphatic rings. The first-order valence-electron chi connectivity index (χ1n) is 11.2. The molecule has 3 heterocycles. The Labute approximate surface area is 213 Å². The summed E-state index contributed by atoms with van der Waals surface area (Å²) >= 11 is 1.10. The minimum atomic E-state index is -4.54. The quantitative estimate of drug-likeness (QED) is 0.222. The number of nitrogens with zero attached hydrogens (tertiary/aromatic N) is 3. The van der Waals surface area contributed by atoms with Crippen molar-refractivity contribution in [2.45, 2.75) is 19.2 Å². The van der Waals surface area contributed by atoms with E-state index >= 15 is 0 Å². The summed E-state index contributed by atoms with van der Waals surface area (Å²) in [7, 11) is 1.24. The van der Waals surface area contributed by atoms with Gasteiger partial charge in [-0.15, -0.1) is 11.3 Å². The molecule has 6 nitrogen and oxygen atoms in total. The number of esters is 1. The number of halogens is 3. The zero-order valence-corrected chi connectivity index (χ0v) is 20.5. The number of ether oxygens (including phenoxy) is 2. The Morgan fingerprint density at radius 1 is 1.03 bits per heavy atom. The molecule has 0 fully saturated rings. The van der Waals surface area contributed by atoms with Gasteiger partial charge in [0.1, 0.15) is 23.2 Å². The highest BCUT2D eigenvalue weighted by atomic mass is 32.1. The van der Waals surface area contributed by atoms with Crippen LogP contribution in [-0.4, -0.2) is 27.6 Å². The van der Waals surface area contributed by atoms with E-state index in [1.165, 1.54) is 32.2 Å². The molecule has 0 radical (unpaired) electrons. The maximum absolute atomic E-state index is 13.5. The Bertz CT molecular complexity index is 1580. The predicted octanol–water partition coefficient (Wildman–Crippen LogP) is 7.09. The van der Waals surface area contributed by atoms with E-state index in [0.717, 1.165) is 34.2 Å². The van der Waals surface area contributed by atoms with Crippen LogP contribution in [0.4, 0.5) is 13.2 Å². The summed E-state index contributed by atoms with van der Waals surface area (Å²) in [6, 6.07) is 18.2. The van der Waals surface area contributed by atoms with Crippen molar-refractivity contribution in [1.82, 2.24) is 14.5 Å². The number of hydrogen-bond acceptors (Lipinski definition) is 6. The molecule has 10 heteroatoms. The number of alkyl halides is 3. The lowest BCUT2D eigenvalue weighted by atomic mass is 10.0. The van der Waals surface area contributed by atoms with E-state index in [0.29, 0.717) is 10.5 Å². The Hall–Kier alpha value is -4.18. The number of methoxy groups -OCH3 is 1. The number of hydrogen-bond donors (Lipinski definition) is 0. The third-order valence-electron chi connectivity index (χ3n) is 5.81. The highest BCUT2D eigenvalue weighted by Crippen LogP contribution is 2.39. The Morgan fingerprint density at radius 3 is 2.54 bits per heavy atom. The number of imidazole rings is 1. The topological polar surface area (TPSA) is 66.2 Å². The van der Waals surface area contributed by atoms with Gasteiger partial charge in [-0.05, 0) is 37.3 Å². The standard InChI is InChI=1S/C27H20F3N3O3S/c1-16(18-7-3-4-8-19(18)27(28,29)30)36-23-14-24(37-25(23)26(34)35-2)33-15-32-21-13-17(10-11-22(21)33)20-9-5-6-12-31-20/h3-16H,1-2H3. The van der Waals surface area contributed by atoms with Gasteiger partial charge in [-0.2, -0.15) is 13.2 Å². The van der Waals surface area contributed by atoms with Crippen molar-refractivity contribution in [3.63, 3.8) is 0 Å². The van der Waals surface area contributed by atoms with Crippen LogP contribution in [0.25, 0.3) is 27.3 Å². The maximum atomic E-state index is 13.5. The summed E-state index contributed by atoms with van der Waals surface area (Å²) in [5, 5.41) is 0.597. The van der Waals surface area contributed by atoms with Gasteiger partial charge < -0.3 is 9.47 Å². The summed E-state index contributed by atoms with van der Waals surface area (Å²) in [6.45, 7) is 1.51. The Morgan fingerprint density at radius 2 is 1.81 bits per heavy atom. The Kier molecular flexibility index (Phi) is 6.43. The number of benzene rings is 2. The molecule has 0 saturated carbocycles. The van der Waals surface area contributed by atoms with Crippen molar-refractivity contribution in [3.05, 3.63) is 95.3 Å². The molecule has 0 spiro atoms. The first-order valence-corrected chi connectivity index (χ1v) is 12.0.